The minimum absolute atomic E-state index is 0.211. The summed E-state index contributed by atoms with van der Waals surface area (Å²) < 4.78 is 2.11. The maximum atomic E-state index is 11.3. The van der Waals surface area contributed by atoms with Crippen LogP contribution in [0.3, 0.4) is 0 Å². The van der Waals surface area contributed by atoms with Gasteiger partial charge in [0.2, 0.25) is 0 Å². The van der Waals surface area contributed by atoms with E-state index in [1.165, 1.54) is 16.6 Å². The van der Waals surface area contributed by atoms with Crippen LogP contribution in [0.4, 0.5) is 0 Å². The lowest BCUT2D eigenvalue weighted by Gasteiger charge is -2.00. The zero-order valence-electron chi connectivity index (χ0n) is 8.31. The highest BCUT2D eigenvalue weighted by Crippen LogP contribution is 2.22. The quantitative estimate of drug-likeness (QED) is 0.636. The molecular weight excluding hydrogens is 186 g/mol. The van der Waals surface area contributed by atoms with Crippen molar-refractivity contribution in [3.63, 3.8) is 0 Å². The minimum atomic E-state index is 0.211. The van der Waals surface area contributed by atoms with E-state index in [0.29, 0.717) is 6.42 Å². The van der Waals surface area contributed by atoms with Gasteiger partial charge in [0.05, 0.1) is 5.52 Å². The Morgan fingerprint density at radius 3 is 2.93 bits per heavy atom. The van der Waals surface area contributed by atoms with Gasteiger partial charge in [-0.2, -0.15) is 0 Å². The lowest BCUT2D eigenvalue weighted by Crippen LogP contribution is -1.94. The van der Waals surface area contributed by atoms with Crippen LogP contribution in [-0.2, 0) is 11.2 Å². The zero-order valence-corrected chi connectivity index (χ0v) is 8.31. The summed E-state index contributed by atoms with van der Waals surface area (Å²) in [7, 11) is 0. The number of carbonyl (C=O) groups excluding carboxylic acids is 1. The molecule has 1 aliphatic heterocycles. The van der Waals surface area contributed by atoms with E-state index in [2.05, 4.69) is 22.8 Å². The number of aryl methyl sites for hydroxylation is 1. The van der Waals surface area contributed by atoms with Crippen molar-refractivity contribution in [3.8, 4) is 0 Å². The number of para-hydroxylation sites is 1. The fourth-order valence-corrected chi connectivity index (χ4v) is 2.09. The van der Waals surface area contributed by atoms with Crippen molar-refractivity contribution in [2.45, 2.75) is 12.8 Å². The van der Waals surface area contributed by atoms with Crippen LogP contribution in [0.5, 0.6) is 0 Å². The van der Waals surface area contributed by atoms with Gasteiger partial charge in [0.15, 0.2) is 5.78 Å². The molecule has 15 heavy (non-hydrogen) atoms. The molecule has 2 nitrogen and oxygen atoms in total. The van der Waals surface area contributed by atoms with Crippen LogP contribution >= 0.6 is 0 Å². The lowest BCUT2D eigenvalue weighted by molar-refractivity contribution is -0.114. The van der Waals surface area contributed by atoms with Crippen molar-refractivity contribution in [2.75, 3.05) is 0 Å². The zero-order chi connectivity index (χ0) is 10.3. The molecule has 1 aromatic heterocycles. The molecule has 2 aromatic rings. The fraction of sp³-hybridized carbons (Fsp3) is 0.154. The number of ketones is 1. The number of allylic oxidation sites excluding steroid dienone is 1. The van der Waals surface area contributed by atoms with E-state index in [1.54, 1.807) is 6.08 Å². The summed E-state index contributed by atoms with van der Waals surface area (Å²) in [6.07, 6.45) is 5.00. The van der Waals surface area contributed by atoms with Gasteiger partial charge >= 0.3 is 0 Å². The predicted molar refractivity (Wildman–Crippen MR) is 60.6 cm³/mol. The van der Waals surface area contributed by atoms with E-state index in [-0.39, 0.29) is 5.78 Å². The second kappa shape index (κ2) is 3.09. The first-order valence-electron chi connectivity index (χ1n) is 5.14. The molecule has 0 spiro atoms. The molecule has 0 N–H and O–H groups in total. The van der Waals surface area contributed by atoms with Gasteiger partial charge in [0, 0.05) is 23.7 Å². The van der Waals surface area contributed by atoms with Crippen LogP contribution in [0.25, 0.3) is 17.1 Å². The highest BCUT2D eigenvalue weighted by Gasteiger charge is 2.10. The van der Waals surface area contributed by atoms with Crippen molar-refractivity contribution in [3.05, 3.63) is 42.1 Å². The van der Waals surface area contributed by atoms with E-state index in [4.69, 9.17) is 0 Å². The lowest BCUT2D eigenvalue weighted by atomic mass is 10.2. The monoisotopic (exact) mass is 197 g/mol. The Morgan fingerprint density at radius 1 is 1.13 bits per heavy atom. The van der Waals surface area contributed by atoms with Gasteiger partial charge in [0.25, 0.3) is 0 Å². The molecule has 2 heterocycles. The summed E-state index contributed by atoms with van der Waals surface area (Å²) in [5.41, 5.74) is 2.40. The molecule has 0 saturated heterocycles. The van der Waals surface area contributed by atoms with Gasteiger partial charge in [-0.25, -0.2) is 0 Å². The van der Waals surface area contributed by atoms with Crippen molar-refractivity contribution in [2.24, 2.45) is 0 Å². The third-order valence-corrected chi connectivity index (χ3v) is 2.86. The fourth-order valence-electron chi connectivity index (χ4n) is 2.09. The summed E-state index contributed by atoms with van der Waals surface area (Å²) in [5, 5.41) is 1.24. The number of rotatable bonds is 0. The number of carbonyl (C=O) groups is 1. The normalized spacial score (nSPS) is 15.3. The van der Waals surface area contributed by atoms with Crippen molar-refractivity contribution in [1.29, 1.82) is 0 Å². The molecule has 0 fully saturated rings. The van der Waals surface area contributed by atoms with Crippen LogP contribution in [0.2, 0.25) is 0 Å². The van der Waals surface area contributed by atoms with Crippen molar-refractivity contribution in [1.82, 2.24) is 4.57 Å². The molecule has 74 valence electrons. The standard InChI is InChI=1S/C13H11NO/c15-12-6-5-11-9-10-3-1-2-4-13(10)14(11)8-7-12/h1-4,7-9H,5-6H2. The van der Waals surface area contributed by atoms with E-state index in [9.17, 15) is 4.79 Å². The average Bonchev–Trinajstić information content (AvgIpc) is 2.51. The first-order chi connectivity index (χ1) is 7.34. The largest absolute Gasteiger partial charge is 0.320 e. The first-order valence-corrected chi connectivity index (χ1v) is 5.14. The van der Waals surface area contributed by atoms with Crippen LogP contribution in [0.1, 0.15) is 12.1 Å². The molecule has 0 amide bonds. The summed E-state index contributed by atoms with van der Waals surface area (Å²) in [6.45, 7) is 0. The second-order valence-electron chi connectivity index (χ2n) is 3.85. The number of fused-ring (bicyclic) bond motifs is 3. The molecule has 0 atom stereocenters. The topological polar surface area (TPSA) is 22.0 Å². The first kappa shape index (κ1) is 8.48. The number of aromatic nitrogens is 1. The predicted octanol–water partition coefficient (Wildman–Crippen LogP) is 2.63. The Bertz CT molecular complexity index is 563. The molecule has 0 unspecified atom stereocenters. The second-order valence-corrected chi connectivity index (χ2v) is 3.85. The molecular formula is C13H11NO. The summed E-state index contributed by atoms with van der Waals surface area (Å²) in [5.74, 6) is 0.211. The highest BCUT2D eigenvalue weighted by atomic mass is 16.1. The minimum Gasteiger partial charge on any atom is -0.320 e. The Balaban J connectivity index is 2.30. The Labute approximate surface area is 87.8 Å². The third kappa shape index (κ3) is 1.30. The van der Waals surface area contributed by atoms with Crippen LogP contribution in [0, 0.1) is 0 Å². The number of nitrogens with zero attached hydrogens (tertiary/aromatic N) is 1. The van der Waals surface area contributed by atoms with Gasteiger partial charge in [-0.1, -0.05) is 18.2 Å². The van der Waals surface area contributed by atoms with Crippen LogP contribution in [0.15, 0.2) is 36.4 Å². The summed E-state index contributed by atoms with van der Waals surface area (Å²) in [4.78, 5) is 11.3. The van der Waals surface area contributed by atoms with E-state index in [1.807, 2.05) is 18.3 Å². The Kier molecular flexibility index (Phi) is 1.75. The molecule has 3 rings (SSSR count). The van der Waals surface area contributed by atoms with Gasteiger partial charge in [-0.3, -0.25) is 4.79 Å². The van der Waals surface area contributed by atoms with Gasteiger partial charge < -0.3 is 4.57 Å². The van der Waals surface area contributed by atoms with E-state index < -0.39 is 0 Å². The van der Waals surface area contributed by atoms with Crippen LogP contribution in [-0.4, -0.2) is 10.4 Å². The molecule has 0 aliphatic carbocycles. The van der Waals surface area contributed by atoms with Gasteiger partial charge in [-0.15, -0.1) is 0 Å². The Hall–Kier alpha value is -1.83. The molecule has 1 aromatic carbocycles. The van der Waals surface area contributed by atoms with Gasteiger partial charge in [0.1, 0.15) is 0 Å². The molecule has 1 aliphatic rings. The maximum Gasteiger partial charge on any atom is 0.157 e. The highest BCUT2D eigenvalue weighted by molar-refractivity contribution is 5.94. The third-order valence-electron chi connectivity index (χ3n) is 2.86. The molecule has 0 radical (unpaired) electrons. The SMILES string of the molecule is O=C1C=Cn2c(cc3ccccc32)CC1. The van der Waals surface area contributed by atoms with E-state index >= 15 is 0 Å². The van der Waals surface area contributed by atoms with Gasteiger partial charge in [-0.05, 0) is 24.6 Å². The molecule has 0 bridgehead atoms. The summed E-state index contributed by atoms with van der Waals surface area (Å²) in [6, 6.07) is 10.4. The molecule has 2 heteroatoms. The number of hydrogen-bond acceptors (Lipinski definition) is 1. The number of hydrogen-bond donors (Lipinski definition) is 0. The van der Waals surface area contributed by atoms with Crippen molar-refractivity contribution < 1.29 is 4.79 Å². The summed E-state index contributed by atoms with van der Waals surface area (Å²) >= 11 is 0. The Morgan fingerprint density at radius 2 is 2.00 bits per heavy atom. The molecule has 0 saturated carbocycles. The smallest absolute Gasteiger partial charge is 0.157 e. The van der Waals surface area contributed by atoms with E-state index in [0.717, 1.165) is 6.42 Å². The van der Waals surface area contributed by atoms with Crippen molar-refractivity contribution >= 4 is 22.9 Å². The maximum absolute atomic E-state index is 11.3. The number of benzene rings is 1. The average molecular weight is 197 g/mol. The van der Waals surface area contributed by atoms with Crippen LogP contribution < -0.4 is 0 Å².